The van der Waals surface area contributed by atoms with Gasteiger partial charge in [0.15, 0.2) is 0 Å². The number of ether oxygens (including phenoxy) is 2. The van der Waals surface area contributed by atoms with E-state index in [1.165, 1.54) is 0 Å². The van der Waals surface area contributed by atoms with Gasteiger partial charge in [-0.05, 0) is 36.2 Å². The third-order valence-electron chi connectivity index (χ3n) is 3.05. The van der Waals surface area contributed by atoms with Crippen LogP contribution < -0.4 is 20.7 Å². The first-order valence-corrected chi connectivity index (χ1v) is 6.58. The van der Waals surface area contributed by atoms with Crippen molar-refractivity contribution in [2.45, 2.75) is 12.5 Å². The number of nitrogens with two attached hydrogens (primary N) is 1. The Morgan fingerprint density at radius 2 is 1.80 bits per heavy atom. The van der Waals surface area contributed by atoms with Crippen LogP contribution in [0, 0.1) is 0 Å². The lowest BCUT2D eigenvalue weighted by Crippen LogP contribution is -2.41. The van der Waals surface area contributed by atoms with E-state index in [1.807, 2.05) is 48.5 Å². The molecule has 2 aromatic carbocycles. The Bertz CT molecular complexity index is 517. The van der Waals surface area contributed by atoms with Gasteiger partial charge < -0.3 is 9.47 Å². The molecule has 3 N–H and O–H groups in total. The fourth-order valence-electron chi connectivity index (χ4n) is 1.96. The van der Waals surface area contributed by atoms with E-state index in [0.29, 0.717) is 6.61 Å². The molecule has 0 fully saturated rings. The molecule has 4 nitrogen and oxygen atoms in total. The molecule has 0 aliphatic rings. The Morgan fingerprint density at radius 3 is 2.50 bits per heavy atom. The molecule has 4 heteroatoms. The monoisotopic (exact) mass is 272 g/mol. The predicted molar refractivity (Wildman–Crippen MR) is 79.7 cm³/mol. The molecule has 106 valence electrons. The molecule has 0 spiro atoms. The fraction of sp³-hybridized carbons (Fsp3) is 0.250. The molecule has 0 radical (unpaired) electrons. The molecule has 0 saturated carbocycles. The van der Waals surface area contributed by atoms with Crippen LogP contribution in [0.1, 0.15) is 5.56 Å². The summed E-state index contributed by atoms with van der Waals surface area (Å²) in [6, 6.07) is 17.7. The van der Waals surface area contributed by atoms with Crippen LogP contribution in [0.15, 0.2) is 54.6 Å². The number of hydrogen-bond acceptors (Lipinski definition) is 4. The van der Waals surface area contributed by atoms with Crippen LogP contribution in [-0.4, -0.2) is 19.8 Å². The summed E-state index contributed by atoms with van der Waals surface area (Å²) in [6.07, 6.45) is 0.778. The second-order valence-corrected chi connectivity index (χ2v) is 4.54. The summed E-state index contributed by atoms with van der Waals surface area (Å²) in [7, 11) is 1.66. The van der Waals surface area contributed by atoms with Gasteiger partial charge in [0.25, 0.3) is 0 Å². The van der Waals surface area contributed by atoms with Crippen molar-refractivity contribution in [3.05, 3.63) is 60.2 Å². The first-order valence-electron chi connectivity index (χ1n) is 6.58. The molecule has 0 bridgehead atoms. The number of hydrazine groups is 1. The van der Waals surface area contributed by atoms with Crippen molar-refractivity contribution in [1.82, 2.24) is 5.43 Å². The molecule has 2 rings (SSSR count). The molecule has 2 aromatic rings. The zero-order valence-corrected chi connectivity index (χ0v) is 11.6. The second-order valence-electron chi connectivity index (χ2n) is 4.54. The van der Waals surface area contributed by atoms with Crippen LogP contribution in [0.4, 0.5) is 0 Å². The number of para-hydroxylation sites is 1. The summed E-state index contributed by atoms with van der Waals surface area (Å²) in [5.74, 6) is 7.29. The molecular weight excluding hydrogens is 252 g/mol. The van der Waals surface area contributed by atoms with Gasteiger partial charge in [-0.3, -0.25) is 11.3 Å². The number of hydrogen-bond donors (Lipinski definition) is 2. The molecule has 0 heterocycles. The average molecular weight is 272 g/mol. The quantitative estimate of drug-likeness (QED) is 0.599. The highest BCUT2D eigenvalue weighted by molar-refractivity contribution is 5.29. The van der Waals surface area contributed by atoms with Gasteiger partial charge in [0.1, 0.15) is 18.1 Å². The van der Waals surface area contributed by atoms with Gasteiger partial charge in [0.2, 0.25) is 0 Å². The van der Waals surface area contributed by atoms with Crippen molar-refractivity contribution in [2.75, 3.05) is 13.7 Å². The standard InChI is InChI=1S/C16H20N2O2/c1-19-16-9-5-6-13(11-16)10-14(18-17)12-20-15-7-3-2-4-8-15/h2-9,11,14,18H,10,12,17H2,1H3. The van der Waals surface area contributed by atoms with E-state index in [4.69, 9.17) is 15.3 Å². The Labute approximate surface area is 119 Å². The minimum Gasteiger partial charge on any atom is -0.497 e. The third kappa shape index (κ3) is 4.26. The maximum absolute atomic E-state index is 5.71. The minimum absolute atomic E-state index is 0.0438. The number of nitrogens with one attached hydrogen (secondary N) is 1. The topological polar surface area (TPSA) is 56.5 Å². The highest BCUT2D eigenvalue weighted by Crippen LogP contribution is 2.15. The number of rotatable bonds is 7. The molecule has 20 heavy (non-hydrogen) atoms. The summed E-state index contributed by atoms with van der Waals surface area (Å²) >= 11 is 0. The normalized spacial score (nSPS) is 11.9. The van der Waals surface area contributed by atoms with E-state index < -0.39 is 0 Å². The van der Waals surface area contributed by atoms with E-state index in [-0.39, 0.29) is 6.04 Å². The van der Waals surface area contributed by atoms with Gasteiger partial charge in [0, 0.05) is 0 Å². The van der Waals surface area contributed by atoms with E-state index in [2.05, 4.69) is 11.5 Å². The summed E-state index contributed by atoms with van der Waals surface area (Å²) in [6.45, 7) is 0.512. The summed E-state index contributed by atoms with van der Waals surface area (Å²) in [5, 5.41) is 0. The van der Waals surface area contributed by atoms with Crippen LogP contribution in [0.5, 0.6) is 11.5 Å². The molecule has 0 amide bonds. The van der Waals surface area contributed by atoms with Crippen molar-refractivity contribution < 1.29 is 9.47 Å². The second kappa shape index (κ2) is 7.53. The molecule has 1 unspecified atom stereocenters. The molecule has 0 aliphatic carbocycles. The van der Waals surface area contributed by atoms with Crippen molar-refractivity contribution in [1.29, 1.82) is 0 Å². The Balaban J connectivity index is 1.91. The van der Waals surface area contributed by atoms with Gasteiger partial charge >= 0.3 is 0 Å². The highest BCUT2D eigenvalue weighted by atomic mass is 16.5. The van der Waals surface area contributed by atoms with E-state index in [0.717, 1.165) is 23.5 Å². The highest BCUT2D eigenvalue weighted by Gasteiger charge is 2.09. The summed E-state index contributed by atoms with van der Waals surface area (Å²) in [5.41, 5.74) is 3.95. The Kier molecular flexibility index (Phi) is 5.41. The first-order chi connectivity index (χ1) is 9.81. The summed E-state index contributed by atoms with van der Waals surface area (Å²) < 4.78 is 10.9. The molecular formula is C16H20N2O2. The fourth-order valence-corrected chi connectivity index (χ4v) is 1.96. The zero-order valence-electron chi connectivity index (χ0n) is 11.6. The van der Waals surface area contributed by atoms with Crippen LogP contribution in [0.2, 0.25) is 0 Å². The van der Waals surface area contributed by atoms with Crippen LogP contribution in [0.3, 0.4) is 0 Å². The van der Waals surface area contributed by atoms with E-state index >= 15 is 0 Å². The van der Waals surface area contributed by atoms with Gasteiger partial charge in [-0.2, -0.15) is 0 Å². The van der Waals surface area contributed by atoms with E-state index in [1.54, 1.807) is 7.11 Å². The third-order valence-corrected chi connectivity index (χ3v) is 3.05. The van der Waals surface area contributed by atoms with Crippen LogP contribution in [0.25, 0.3) is 0 Å². The largest absolute Gasteiger partial charge is 0.497 e. The van der Waals surface area contributed by atoms with Crippen molar-refractivity contribution in [3.8, 4) is 11.5 Å². The maximum atomic E-state index is 5.71. The number of benzene rings is 2. The molecule has 0 aliphatic heterocycles. The smallest absolute Gasteiger partial charge is 0.119 e. The van der Waals surface area contributed by atoms with Gasteiger partial charge in [-0.15, -0.1) is 0 Å². The van der Waals surface area contributed by atoms with E-state index in [9.17, 15) is 0 Å². The van der Waals surface area contributed by atoms with Crippen LogP contribution in [-0.2, 0) is 6.42 Å². The lowest BCUT2D eigenvalue weighted by molar-refractivity contribution is 0.264. The molecule has 1 atom stereocenters. The summed E-state index contributed by atoms with van der Waals surface area (Å²) in [4.78, 5) is 0. The number of methoxy groups -OCH3 is 1. The molecule has 0 aromatic heterocycles. The van der Waals surface area contributed by atoms with Gasteiger partial charge in [0.05, 0.1) is 13.2 Å². The zero-order chi connectivity index (χ0) is 14.2. The average Bonchev–Trinajstić information content (AvgIpc) is 2.52. The maximum Gasteiger partial charge on any atom is 0.119 e. The van der Waals surface area contributed by atoms with Crippen LogP contribution >= 0.6 is 0 Å². The SMILES string of the molecule is COc1cccc(CC(COc2ccccc2)NN)c1. The van der Waals surface area contributed by atoms with Crippen molar-refractivity contribution in [3.63, 3.8) is 0 Å². The minimum atomic E-state index is 0.0438. The lowest BCUT2D eigenvalue weighted by Gasteiger charge is -2.17. The molecule has 0 saturated heterocycles. The first kappa shape index (κ1) is 14.4. The van der Waals surface area contributed by atoms with Gasteiger partial charge in [-0.25, -0.2) is 0 Å². The van der Waals surface area contributed by atoms with Gasteiger partial charge in [-0.1, -0.05) is 30.3 Å². The van der Waals surface area contributed by atoms with Crippen molar-refractivity contribution >= 4 is 0 Å². The lowest BCUT2D eigenvalue weighted by atomic mass is 10.1. The van der Waals surface area contributed by atoms with Crippen molar-refractivity contribution in [2.24, 2.45) is 5.84 Å². The predicted octanol–water partition coefficient (Wildman–Crippen LogP) is 2.15. The Morgan fingerprint density at radius 1 is 1.05 bits per heavy atom. The Hall–Kier alpha value is -2.04.